The summed E-state index contributed by atoms with van der Waals surface area (Å²) in [6, 6.07) is 9.48. The number of carbonyl (C=O) groups is 1. The Kier molecular flexibility index (Phi) is 8.54. The summed E-state index contributed by atoms with van der Waals surface area (Å²) in [5.41, 5.74) is 2.37. The molecule has 6 heteroatoms. The molecule has 5 nitrogen and oxygen atoms in total. The highest BCUT2D eigenvalue weighted by atomic mass is 32.1. The van der Waals surface area contributed by atoms with Gasteiger partial charge in [0.2, 0.25) is 0 Å². The molecular formula is C22H31N3O2S. The van der Waals surface area contributed by atoms with Crippen molar-refractivity contribution in [1.29, 1.82) is 0 Å². The molecule has 0 bridgehead atoms. The number of benzene rings is 1. The fourth-order valence-corrected chi connectivity index (χ4v) is 3.76. The first-order valence-corrected chi connectivity index (χ1v) is 10.4. The number of thiophene rings is 1. The maximum absolute atomic E-state index is 12.8. The number of phenols is 1. The van der Waals surface area contributed by atoms with Gasteiger partial charge >= 0.3 is 6.03 Å². The fraction of sp³-hybridized carbons (Fsp3) is 0.409. The molecule has 2 atom stereocenters. The molecule has 2 aromatic rings. The predicted octanol–water partition coefficient (Wildman–Crippen LogP) is 3.76. The molecule has 0 aliphatic heterocycles. The predicted molar refractivity (Wildman–Crippen MR) is 117 cm³/mol. The van der Waals surface area contributed by atoms with Crippen molar-refractivity contribution in [1.82, 2.24) is 15.1 Å². The molecule has 0 aliphatic carbocycles. The minimum atomic E-state index is -0.0693. The second-order valence-electron chi connectivity index (χ2n) is 7.37. The Morgan fingerprint density at radius 2 is 1.93 bits per heavy atom. The molecule has 1 aromatic carbocycles. The van der Waals surface area contributed by atoms with E-state index in [2.05, 4.69) is 33.6 Å². The van der Waals surface area contributed by atoms with Gasteiger partial charge in [-0.2, -0.15) is 11.3 Å². The molecule has 2 amide bonds. The van der Waals surface area contributed by atoms with Crippen LogP contribution in [0.2, 0.25) is 0 Å². The molecule has 0 fully saturated rings. The highest BCUT2D eigenvalue weighted by Gasteiger charge is 2.21. The van der Waals surface area contributed by atoms with Crippen molar-refractivity contribution in [2.24, 2.45) is 0 Å². The number of nitrogens with zero attached hydrogens (tertiary/aromatic N) is 2. The summed E-state index contributed by atoms with van der Waals surface area (Å²) in [6.45, 7) is 6.93. The standard InChI is InChI=1S/C22H31N3O2S/c1-5-11-25(22(27)23-17(2)13-19-10-12-28-16-19)15-20(24(3)4)14-18-6-8-21(26)9-7-18/h5-10,12,16-17,20,26H,1,11,13-15H2,2-4H3,(H,23,27)/t17-,20-/m0/s1. The molecule has 1 aromatic heterocycles. The number of likely N-dealkylation sites (N-methyl/N-ethyl adjacent to an activating group) is 1. The summed E-state index contributed by atoms with van der Waals surface area (Å²) < 4.78 is 0. The van der Waals surface area contributed by atoms with E-state index in [4.69, 9.17) is 0 Å². The SMILES string of the molecule is C=CCN(C[C@H](Cc1ccc(O)cc1)N(C)C)C(=O)N[C@@H](C)Cc1ccsc1. The van der Waals surface area contributed by atoms with Gasteiger partial charge < -0.3 is 20.2 Å². The van der Waals surface area contributed by atoms with Crippen molar-refractivity contribution in [3.05, 3.63) is 64.9 Å². The third-order valence-electron chi connectivity index (χ3n) is 4.70. The van der Waals surface area contributed by atoms with Crippen LogP contribution in [0.4, 0.5) is 4.79 Å². The number of rotatable bonds is 10. The zero-order valence-corrected chi connectivity index (χ0v) is 17.8. The van der Waals surface area contributed by atoms with Gasteiger partial charge in [0, 0.05) is 25.2 Å². The Labute approximate surface area is 172 Å². The van der Waals surface area contributed by atoms with E-state index in [1.54, 1.807) is 29.5 Å². The van der Waals surface area contributed by atoms with Gasteiger partial charge in [0.05, 0.1) is 0 Å². The van der Waals surface area contributed by atoms with Crippen molar-refractivity contribution < 1.29 is 9.90 Å². The third-order valence-corrected chi connectivity index (χ3v) is 5.43. The number of carbonyl (C=O) groups excluding carboxylic acids is 1. The van der Waals surface area contributed by atoms with Gasteiger partial charge in [-0.05, 0) is 73.9 Å². The summed E-state index contributed by atoms with van der Waals surface area (Å²) in [5.74, 6) is 0.262. The Hall–Kier alpha value is -2.31. The van der Waals surface area contributed by atoms with Crippen LogP contribution >= 0.6 is 11.3 Å². The maximum Gasteiger partial charge on any atom is 0.317 e. The first-order valence-electron chi connectivity index (χ1n) is 9.50. The molecule has 152 valence electrons. The van der Waals surface area contributed by atoms with Crippen molar-refractivity contribution in [3.8, 4) is 5.75 Å². The smallest absolute Gasteiger partial charge is 0.317 e. The fourth-order valence-electron chi connectivity index (χ4n) is 3.08. The van der Waals surface area contributed by atoms with Crippen molar-refractivity contribution in [2.45, 2.75) is 31.8 Å². The topological polar surface area (TPSA) is 55.8 Å². The van der Waals surface area contributed by atoms with E-state index in [0.717, 1.165) is 18.4 Å². The summed E-state index contributed by atoms with van der Waals surface area (Å²) in [5, 5.41) is 16.8. The van der Waals surface area contributed by atoms with Gasteiger partial charge in [-0.3, -0.25) is 0 Å². The first kappa shape index (κ1) is 22.0. The normalized spacial score (nSPS) is 13.1. The molecule has 0 spiro atoms. The van der Waals surface area contributed by atoms with Crippen molar-refractivity contribution >= 4 is 17.4 Å². The van der Waals surface area contributed by atoms with Gasteiger partial charge in [0.25, 0.3) is 0 Å². The minimum Gasteiger partial charge on any atom is -0.508 e. The van der Waals surface area contributed by atoms with E-state index >= 15 is 0 Å². The van der Waals surface area contributed by atoms with E-state index in [-0.39, 0.29) is 23.9 Å². The Morgan fingerprint density at radius 1 is 1.21 bits per heavy atom. The van der Waals surface area contributed by atoms with Crippen LogP contribution in [0.25, 0.3) is 0 Å². The van der Waals surface area contributed by atoms with Gasteiger partial charge in [0.1, 0.15) is 5.75 Å². The molecule has 0 aliphatic rings. The van der Waals surface area contributed by atoms with E-state index in [1.165, 1.54) is 5.56 Å². The number of hydrogen-bond acceptors (Lipinski definition) is 4. The Bertz CT molecular complexity index is 729. The lowest BCUT2D eigenvalue weighted by Crippen LogP contribution is -2.50. The molecule has 1 heterocycles. The van der Waals surface area contributed by atoms with Gasteiger partial charge in [-0.1, -0.05) is 18.2 Å². The van der Waals surface area contributed by atoms with Crippen LogP contribution < -0.4 is 5.32 Å². The van der Waals surface area contributed by atoms with Gasteiger partial charge in [-0.25, -0.2) is 4.79 Å². The number of nitrogens with one attached hydrogen (secondary N) is 1. The number of aromatic hydroxyl groups is 1. The molecule has 0 saturated carbocycles. The van der Waals surface area contributed by atoms with Crippen LogP contribution in [0.15, 0.2) is 53.7 Å². The van der Waals surface area contributed by atoms with Crippen molar-refractivity contribution in [2.75, 3.05) is 27.2 Å². The maximum atomic E-state index is 12.8. The molecule has 28 heavy (non-hydrogen) atoms. The molecular weight excluding hydrogens is 370 g/mol. The largest absolute Gasteiger partial charge is 0.508 e. The minimum absolute atomic E-state index is 0.0596. The number of urea groups is 1. The van der Waals surface area contributed by atoms with Crippen LogP contribution in [-0.2, 0) is 12.8 Å². The zero-order chi connectivity index (χ0) is 20.5. The number of phenolic OH excluding ortho intramolecular Hbond substituents is 1. The summed E-state index contributed by atoms with van der Waals surface area (Å²) in [4.78, 5) is 16.8. The molecule has 0 saturated heterocycles. The summed E-state index contributed by atoms with van der Waals surface area (Å²) in [7, 11) is 4.04. The van der Waals surface area contributed by atoms with Gasteiger partial charge in [0.15, 0.2) is 0 Å². The average molecular weight is 402 g/mol. The lowest BCUT2D eigenvalue weighted by Gasteiger charge is -2.32. The van der Waals surface area contributed by atoms with Crippen LogP contribution in [0, 0.1) is 0 Å². The Balaban J connectivity index is 1.99. The summed E-state index contributed by atoms with van der Waals surface area (Å²) >= 11 is 1.67. The molecule has 0 radical (unpaired) electrons. The number of hydrogen-bond donors (Lipinski definition) is 2. The Morgan fingerprint density at radius 3 is 2.50 bits per heavy atom. The van der Waals surface area contributed by atoms with E-state index < -0.39 is 0 Å². The third kappa shape index (κ3) is 7.02. The van der Waals surface area contributed by atoms with Crippen LogP contribution in [0.1, 0.15) is 18.1 Å². The van der Waals surface area contributed by atoms with Crippen LogP contribution in [0.5, 0.6) is 5.75 Å². The summed E-state index contributed by atoms with van der Waals surface area (Å²) in [6.07, 6.45) is 3.37. The van der Waals surface area contributed by atoms with Crippen LogP contribution in [-0.4, -0.2) is 60.2 Å². The van der Waals surface area contributed by atoms with Gasteiger partial charge in [-0.15, -0.1) is 6.58 Å². The molecule has 2 rings (SSSR count). The van der Waals surface area contributed by atoms with E-state index in [1.807, 2.05) is 38.1 Å². The molecule has 0 unspecified atom stereocenters. The van der Waals surface area contributed by atoms with Crippen LogP contribution in [0.3, 0.4) is 0 Å². The highest BCUT2D eigenvalue weighted by Crippen LogP contribution is 2.14. The average Bonchev–Trinajstić information content (AvgIpc) is 3.14. The van der Waals surface area contributed by atoms with E-state index in [0.29, 0.717) is 13.1 Å². The zero-order valence-electron chi connectivity index (χ0n) is 17.0. The quantitative estimate of drug-likeness (QED) is 0.596. The monoisotopic (exact) mass is 401 g/mol. The lowest BCUT2D eigenvalue weighted by atomic mass is 10.0. The lowest BCUT2D eigenvalue weighted by molar-refractivity contribution is 0.174. The first-order chi connectivity index (χ1) is 13.4. The number of amides is 2. The second-order valence-corrected chi connectivity index (χ2v) is 8.15. The van der Waals surface area contributed by atoms with E-state index in [9.17, 15) is 9.90 Å². The molecule has 2 N–H and O–H groups in total. The highest BCUT2D eigenvalue weighted by molar-refractivity contribution is 7.07. The second kappa shape index (κ2) is 10.9. The van der Waals surface area contributed by atoms with Crippen molar-refractivity contribution in [3.63, 3.8) is 0 Å².